The van der Waals surface area contributed by atoms with E-state index in [0.29, 0.717) is 18.0 Å². The van der Waals surface area contributed by atoms with Gasteiger partial charge in [-0.1, -0.05) is 19.1 Å². The van der Waals surface area contributed by atoms with Crippen LogP contribution in [0.5, 0.6) is 5.75 Å². The summed E-state index contributed by atoms with van der Waals surface area (Å²) in [4.78, 5) is 22.3. The highest BCUT2D eigenvalue weighted by molar-refractivity contribution is 5.93. The lowest BCUT2D eigenvalue weighted by atomic mass is 10.1. The Morgan fingerprint density at radius 1 is 1.37 bits per heavy atom. The van der Waals surface area contributed by atoms with Crippen LogP contribution in [0, 0.1) is 5.92 Å². The number of carboxylic acid groups (broad SMARTS) is 1. The second-order valence-corrected chi connectivity index (χ2v) is 4.13. The van der Waals surface area contributed by atoms with E-state index in [0.717, 1.165) is 0 Å². The second kappa shape index (κ2) is 7.38. The van der Waals surface area contributed by atoms with E-state index in [2.05, 4.69) is 10.6 Å². The number of amides is 1. The van der Waals surface area contributed by atoms with Gasteiger partial charge in [0.2, 0.25) is 5.91 Å². The van der Waals surface area contributed by atoms with Crippen LogP contribution in [0.2, 0.25) is 0 Å². The Bertz CT molecular complexity index is 448. The average Bonchev–Trinajstić information content (AvgIpc) is 2.37. The number of carboxylic acids is 1. The maximum absolute atomic E-state index is 11.9. The van der Waals surface area contributed by atoms with E-state index in [-0.39, 0.29) is 11.8 Å². The van der Waals surface area contributed by atoms with Gasteiger partial charge in [0.25, 0.3) is 0 Å². The molecule has 1 atom stereocenters. The molecule has 1 unspecified atom stereocenters. The number of ether oxygens (including phenoxy) is 1. The van der Waals surface area contributed by atoms with Crippen LogP contribution in [-0.4, -0.2) is 37.2 Å². The van der Waals surface area contributed by atoms with E-state index < -0.39 is 12.6 Å². The highest BCUT2D eigenvalue weighted by Crippen LogP contribution is 2.24. The predicted octanol–water partition coefficient (Wildman–Crippen LogP) is 0.944. The Morgan fingerprint density at radius 3 is 2.68 bits per heavy atom. The maximum Gasteiger partial charge on any atom is 0.341 e. The van der Waals surface area contributed by atoms with Crippen LogP contribution in [0.4, 0.5) is 5.69 Å². The molecule has 1 aromatic carbocycles. The zero-order valence-corrected chi connectivity index (χ0v) is 11.0. The van der Waals surface area contributed by atoms with Crippen LogP contribution < -0.4 is 15.4 Å². The van der Waals surface area contributed by atoms with E-state index in [1.54, 1.807) is 38.2 Å². The smallest absolute Gasteiger partial charge is 0.341 e. The quantitative estimate of drug-likeness (QED) is 0.683. The molecule has 0 saturated heterocycles. The molecule has 1 rings (SSSR count). The Hall–Kier alpha value is -2.08. The van der Waals surface area contributed by atoms with Crippen LogP contribution >= 0.6 is 0 Å². The van der Waals surface area contributed by atoms with E-state index in [1.165, 1.54) is 0 Å². The van der Waals surface area contributed by atoms with Crippen molar-refractivity contribution in [3.63, 3.8) is 0 Å². The van der Waals surface area contributed by atoms with Crippen molar-refractivity contribution < 1.29 is 19.4 Å². The van der Waals surface area contributed by atoms with E-state index in [9.17, 15) is 9.59 Å². The van der Waals surface area contributed by atoms with E-state index in [1.807, 2.05) is 0 Å². The van der Waals surface area contributed by atoms with Gasteiger partial charge in [0, 0.05) is 12.5 Å². The number of anilines is 1. The summed E-state index contributed by atoms with van der Waals surface area (Å²) < 4.78 is 5.11. The van der Waals surface area contributed by atoms with Gasteiger partial charge in [-0.25, -0.2) is 4.79 Å². The zero-order valence-electron chi connectivity index (χ0n) is 11.0. The molecule has 0 bridgehead atoms. The number of hydrogen-bond donors (Lipinski definition) is 3. The fourth-order valence-electron chi connectivity index (χ4n) is 1.49. The monoisotopic (exact) mass is 266 g/mol. The van der Waals surface area contributed by atoms with E-state index in [4.69, 9.17) is 9.84 Å². The van der Waals surface area contributed by atoms with Crippen molar-refractivity contribution in [1.82, 2.24) is 5.32 Å². The molecular formula is C13H18N2O4. The molecule has 0 saturated carbocycles. The summed E-state index contributed by atoms with van der Waals surface area (Å²) in [5.74, 6) is -1.07. The van der Waals surface area contributed by atoms with Crippen molar-refractivity contribution in [2.75, 3.05) is 25.5 Å². The fraction of sp³-hybridized carbons (Fsp3) is 0.385. The number of nitrogens with one attached hydrogen (secondary N) is 2. The van der Waals surface area contributed by atoms with Crippen LogP contribution in [0.25, 0.3) is 0 Å². The summed E-state index contributed by atoms with van der Waals surface area (Å²) in [6.45, 7) is 1.91. The lowest BCUT2D eigenvalue weighted by Gasteiger charge is -2.14. The van der Waals surface area contributed by atoms with Gasteiger partial charge in [-0.3, -0.25) is 4.79 Å². The molecule has 3 N–H and O–H groups in total. The van der Waals surface area contributed by atoms with Crippen molar-refractivity contribution in [1.29, 1.82) is 0 Å². The second-order valence-electron chi connectivity index (χ2n) is 4.13. The minimum atomic E-state index is -1.07. The summed E-state index contributed by atoms with van der Waals surface area (Å²) in [6.07, 6.45) is 0. The Morgan fingerprint density at radius 2 is 2.05 bits per heavy atom. The first kappa shape index (κ1) is 15.0. The van der Waals surface area contributed by atoms with Gasteiger partial charge < -0.3 is 20.5 Å². The lowest BCUT2D eigenvalue weighted by molar-refractivity contribution is -0.139. The van der Waals surface area contributed by atoms with Gasteiger partial charge in [0.15, 0.2) is 6.61 Å². The van der Waals surface area contributed by atoms with Gasteiger partial charge in [-0.05, 0) is 19.2 Å². The molecule has 0 radical (unpaired) electrons. The number of para-hydroxylation sites is 2. The van der Waals surface area contributed by atoms with Crippen molar-refractivity contribution in [3.8, 4) is 5.75 Å². The average molecular weight is 266 g/mol. The molecule has 0 aliphatic rings. The van der Waals surface area contributed by atoms with Gasteiger partial charge in [-0.15, -0.1) is 0 Å². The van der Waals surface area contributed by atoms with Crippen LogP contribution in [0.15, 0.2) is 24.3 Å². The Labute approximate surface area is 111 Å². The zero-order chi connectivity index (χ0) is 14.3. The van der Waals surface area contributed by atoms with Crippen LogP contribution in [0.1, 0.15) is 6.92 Å². The summed E-state index contributed by atoms with van der Waals surface area (Å²) in [7, 11) is 1.77. The first-order chi connectivity index (χ1) is 9.04. The molecule has 6 heteroatoms. The largest absolute Gasteiger partial charge is 0.480 e. The van der Waals surface area contributed by atoms with Crippen molar-refractivity contribution in [3.05, 3.63) is 24.3 Å². The Kier molecular flexibility index (Phi) is 5.81. The highest BCUT2D eigenvalue weighted by atomic mass is 16.5. The fourth-order valence-corrected chi connectivity index (χ4v) is 1.49. The van der Waals surface area contributed by atoms with Crippen molar-refractivity contribution in [2.45, 2.75) is 6.92 Å². The third kappa shape index (κ3) is 4.97. The van der Waals surface area contributed by atoms with Crippen LogP contribution in [-0.2, 0) is 9.59 Å². The number of carbonyl (C=O) groups is 2. The SMILES string of the molecule is CNCC(C)C(=O)Nc1ccccc1OCC(=O)O. The highest BCUT2D eigenvalue weighted by Gasteiger charge is 2.14. The first-order valence-electron chi connectivity index (χ1n) is 5.93. The molecule has 1 aromatic rings. The van der Waals surface area contributed by atoms with Crippen LogP contribution in [0.3, 0.4) is 0 Å². The number of benzene rings is 1. The minimum Gasteiger partial charge on any atom is -0.480 e. The first-order valence-corrected chi connectivity index (χ1v) is 5.93. The number of aliphatic carboxylic acids is 1. The normalized spacial score (nSPS) is 11.7. The number of carbonyl (C=O) groups excluding carboxylic acids is 1. The van der Waals surface area contributed by atoms with Crippen molar-refractivity contribution >= 4 is 17.6 Å². The molecule has 0 aliphatic heterocycles. The van der Waals surface area contributed by atoms with E-state index >= 15 is 0 Å². The Balaban J connectivity index is 2.71. The molecular weight excluding hydrogens is 248 g/mol. The maximum atomic E-state index is 11.9. The molecule has 0 aromatic heterocycles. The number of hydrogen-bond acceptors (Lipinski definition) is 4. The summed E-state index contributed by atoms with van der Waals surface area (Å²) in [5.41, 5.74) is 0.469. The summed E-state index contributed by atoms with van der Waals surface area (Å²) in [6, 6.07) is 6.73. The third-order valence-electron chi connectivity index (χ3n) is 2.45. The number of rotatable bonds is 7. The topological polar surface area (TPSA) is 87.7 Å². The third-order valence-corrected chi connectivity index (χ3v) is 2.45. The molecule has 0 heterocycles. The lowest BCUT2D eigenvalue weighted by Crippen LogP contribution is -2.28. The predicted molar refractivity (Wildman–Crippen MR) is 71.3 cm³/mol. The molecule has 6 nitrogen and oxygen atoms in total. The summed E-state index contributed by atoms with van der Waals surface area (Å²) in [5, 5.41) is 14.2. The molecule has 104 valence electrons. The molecule has 1 amide bonds. The summed E-state index contributed by atoms with van der Waals surface area (Å²) >= 11 is 0. The van der Waals surface area contributed by atoms with Gasteiger partial charge >= 0.3 is 5.97 Å². The minimum absolute atomic E-state index is 0.152. The molecule has 0 aliphatic carbocycles. The molecule has 0 spiro atoms. The van der Waals surface area contributed by atoms with Crippen molar-refractivity contribution in [2.24, 2.45) is 5.92 Å². The van der Waals surface area contributed by atoms with Gasteiger partial charge in [0.1, 0.15) is 5.75 Å². The van der Waals surface area contributed by atoms with Gasteiger partial charge in [0.05, 0.1) is 5.69 Å². The molecule has 19 heavy (non-hydrogen) atoms. The molecule has 0 fully saturated rings. The standard InChI is InChI=1S/C13H18N2O4/c1-9(7-14-2)13(18)15-10-5-3-4-6-11(10)19-8-12(16)17/h3-6,9,14H,7-8H2,1-2H3,(H,15,18)(H,16,17). The van der Waals surface area contributed by atoms with Gasteiger partial charge in [-0.2, -0.15) is 0 Å².